The monoisotopic (exact) mass is 249 g/mol. The van der Waals surface area contributed by atoms with Crippen LogP contribution in [0.1, 0.15) is 19.8 Å². The molecule has 0 spiro atoms. The maximum atomic E-state index is 10.5. The number of quaternary nitrogens is 1. The Balaban J connectivity index is 2.56. The average molecular weight is 249 g/mol. The number of β-amino-alcohol motifs (C(OH)–C–C–N with tert-alkyl or cyclic N) is 1. The maximum Gasteiger partial charge on any atom is 0.309 e. The lowest BCUT2D eigenvalue weighted by molar-refractivity contribution is -0.928. The third kappa shape index (κ3) is 3.33. The molecule has 0 aromatic rings. The van der Waals surface area contributed by atoms with Crippen LogP contribution in [-0.4, -0.2) is 52.6 Å². The first-order chi connectivity index (χ1) is 7.60. The van der Waals surface area contributed by atoms with Gasteiger partial charge in [-0.15, -0.1) is 0 Å². The van der Waals surface area contributed by atoms with E-state index in [2.05, 4.69) is 5.43 Å². The van der Waals surface area contributed by atoms with Gasteiger partial charge in [-0.05, 0) is 0 Å². The summed E-state index contributed by atoms with van der Waals surface area (Å²) in [5, 5.41) is 19.5. The number of hydrazine groups is 1. The van der Waals surface area contributed by atoms with E-state index in [4.69, 9.17) is 22.8 Å². The summed E-state index contributed by atoms with van der Waals surface area (Å²) in [7, 11) is 0. The summed E-state index contributed by atoms with van der Waals surface area (Å²) in [5.41, 5.74) is 2.88. The number of nitrogens with zero attached hydrogens (tertiary/aromatic N) is 1. The van der Waals surface area contributed by atoms with E-state index in [1.165, 1.54) is 0 Å². The smallest absolute Gasteiger partial charge is 0.309 e. The molecule has 7 heteroatoms. The Morgan fingerprint density at radius 3 is 2.81 bits per heavy atom. The Bertz CT molecular complexity index is 242. The highest BCUT2D eigenvalue weighted by Crippen LogP contribution is 2.00. The van der Waals surface area contributed by atoms with Crippen molar-refractivity contribution < 1.29 is 19.9 Å². The number of aliphatic hydroxyl groups excluding tert-OH is 1. The number of carboxylic acid groups (broad SMARTS) is 1. The highest BCUT2D eigenvalue weighted by atomic mass is 32.1. The molecule has 3 atom stereocenters. The largest absolute Gasteiger partial charge is 0.709 e. The molecule has 0 aromatic carbocycles. The van der Waals surface area contributed by atoms with Crippen molar-refractivity contribution in [2.75, 3.05) is 19.7 Å². The summed E-state index contributed by atoms with van der Waals surface area (Å²) in [5.74, 6) is -0.801. The number of hydrogen-bond donors (Lipinski definition) is 4. The molecule has 0 saturated carbocycles. The van der Waals surface area contributed by atoms with Crippen LogP contribution in [-0.2, 0) is 17.4 Å². The molecule has 1 rings (SSSR count). The molecule has 0 aliphatic carbocycles. The van der Waals surface area contributed by atoms with Gasteiger partial charge in [0.05, 0.1) is 19.6 Å². The highest BCUT2D eigenvalue weighted by molar-refractivity contribution is 7.59. The molecule has 1 aliphatic rings. The van der Waals surface area contributed by atoms with E-state index in [-0.39, 0.29) is 24.7 Å². The van der Waals surface area contributed by atoms with Gasteiger partial charge in [0.1, 0.15) is 0 Å². The van der Waals surface area contributed by atoms with Gasteiger partial charge in [-0.3, -0.25) is 4.79 Å². The molecule has 0 amide bonds. The Labute approximate surface area is 101 Å². The summed E-state index contributed by atoms with van der Waals surface area (Å²) < 4.78 is 0. The summed E-state index contributed by atoms with van der Waals surface area (Å²) in [6, 6.07) is 0. The number of carbonyl (C=O) groups is 1. The zero-order valence-corrected chi connectivity index (χ0v) is 10.2. The van der Waals surface area contributed by atoms with Gasteiger partial charge in [-0.2, -0.15) is 5.01 Å². The molecule has 3 unspecified atom stereocenters. The molecule has 1 saturated heterocycles. The lowest BCUT2D eigenvalue weighted by Gasteiger charge is -2.28. The second-order valence-electron chi connectivity index (χ2n) is 3.82. The predicted octanol–water partition coefficient (Wildman–Crippen LogP) is -2.27. The van der Waals surface area contributed by atoms with Crippen molar-refractivity contribution in [2.24, 2.45) is 0 Å². The molecule has 16 heavy (non-hydrogen) atoms. The van der Waals surface area contributed by atoms with Gasteiger partial charge in [0, 0.05) is 18.5 Å². The van der Waals surface area contributed by atoms with Crippen molar-refractivity contribution in [3.05, 3.63) is 0 Å². The Hall–Kier alpha value is -0.340. The van der Waals surface area contributed by atoms with Crippen LogP contribution in [0.5, 0.6) is 0 Å². The highest BCUT2D eigenvalue weighted by Gasteiger charge is 2.35. The van der Waals surface area contributed by atoms with E-state index >= 15 is 0 Å². The number of nitrogens with one attached hydrogen (secondary N) is 2. The lowest BCUT2D eigenvalue weighted by atomic mass is 10.3. The fraction of sp³-hybridized carbons (Fsp3) is 0.889. The maximum absolute atomic E-state index is 10.5. The van der Waals surface area contributed by atoms with Gasteiger partial charge >= 0.3 is 5.97 Å². The molecule has 0 bridgehead atoms. The molecule has 1 aliphatic heterocycles. The van der Waals surface area contributed by atoms with Crippen molar-refractivity contribution in [2.45, 2.75) is 31.4 Å². The summed E-state index contributed by atoms with van der Waals surface area (Å²) in [4.78, 5) is 11.6. The van der Waals surface area contributed by atoms with Crippen LogP contribution in [0.2, 0.25) is 0 Å². The minimum atomic E-state index is -0.801. The van der Waals surface area contributed by atoms with Crippen LogP contribution in [0.3, 0.4) is 0 Å². The number of carboxylic acids is 1. The fourth-order valence-corrected chi connectivity index (χ4v) is 2.47. The molecule has 1 fully saturated rings. The minimum absolute atomic E-state index is 0.0672. The topological polar surface area (TPSA) is 77.2 Å². The lowest BCUT2D eigenvalue weighted by Crippen LogP contribution is -3.18. The van der Waals surface area contributed by atoms with E-state index in [1.807, 2.05) is 11.9 Å². The zero-order valence-electron chi connectivity index (χ0n) is 9.35. The quantitative estimate of drug-likeness (QED) is 0.398. The molecule has 6 nitrogen and oxygen atoms in total. The second-order valence-corrected chi connectivity index (χ2v) is 4.29. The first-order valence-electron chi connectivity index (χ1n) is 5.47. The SMILES string of the molecule is CCC1N(CCO)NC([S-])[NH+]1CCC(=O)O. The normalized spacial score (nSPS) is 30.8. The van der Waals surface area contributed by atoms with Crippen molar-refractivity contribution >= 4 is 18.6 Å². The summed E-state index contributed by atoms with van der Waals surface area (Å²) in [6.07, 6.45) is 1.14. The molecular weight excluding hydrogens is 230 g/mol. The van der Waals surface area contributed by atoms with E-state index in [0.717, 1.165) is 11.3 Å². The molecule has 94 valence electrons. The molecule has 0 radical (unpaired) electrons. The molecule has 1 heterocycles. The number of aliphatic hydroxyl groups is 1. The Morgan fingerprint density at radius 2 is 2.31 bits per heavy atom. The number of hydrogen-bond acceptors (Lipinski definition) is 5. The minimum Gasteiger partial charge on any atom is -0.709 e. The third-order valence-corrected chi connectivity index (χ3v) is 3.19. The van der Waals surface area contributed by atoms with Crippen LogP contribution in [0.15, 0.2) is 0 Å². The van der Waals surface area contributed by atoms with Gasteiger partial charge < -0.3 is 27.7 Å². The molecular formula is C9H19N3O3S. The van der Waals surface area contributed by atoms with E-state index in [9.17, 15) is 4.79 Å². The van der Waals surface area contributed by atoms with E-state index < -0.39 is 5.97 Å². The van der Waals surface area contributed by atoms with Crippen molar-refractivity contribution in [1.29, 1.82) is 0 Å². The zero-order chi connectivity index (χ0) is 12.1. The summed E-state index contributed by atoms with van der Waals surface area (Å²) in [6.45, 7) is 3.13. The van der Waals surface area contributed by atoms with E-state index in [1.54, 1.807) is 0 Å². The Morgan fingerprint density at radius 1 is 1.62 bits per heavy atom. The number of aliphatic carboxylic acids is 1. The van der Waals surface area contributed by atoms with Crippen LogP contribution in [0.4, 0.5) is 0 Å². The standard InChI is InChI=1S/C9H19N3O3S/c1-2-7-11(4-3-8(14)15)9(16)10-12(7)5-6-13/h7,9-10,13,16H,2-6H2,1H3,(H,14,15). The van der Waals surface area contributed by atoms with Gasteiger partial charge in [0.15, 0.2) is 6.17 Å². The van der Waals surface area contributed by atoms with Crippen LogP contribution in [0.25, 0.3) is 0 Å². The Kier molecular flexibility index (Phi) is 5.50. The first-order valence-corrected chi connectivity index (χ1v) is 5.94. The third-order valence-electron chi connectivity index (χ3n) is 2.78. The summed E-state index contributed by atoms with van der Waals surface area (Å²) >= 11 is 5.25. The molecule has 0 aromatic heterocycles. The van der Waals surface area contributed by atoms with Crippen LogP contribution < -0.4 is 10.3 Å². The van der Waals surface area contributed by atoms with Crippen molar-refractivity contribution in [1.82, 2.24) is 10.4 Å². The number of rotatable bonds is 6. The second kappa shape index (κ2) is 6.41. The average Bonchev–Trinajstić information content (AvgIpc) is 2.51. The van der Waals surface area contributed by atoms with Gasteiger partial charge in [0.25, 0.3) is 0 Å². The molecule has 4 N–H and O–H groups in total. The van der Waals surface area contributed by atoms with Crippen molar-refractivity contribution in [3.63, 3.8) is 0 Å². The fourth-order valence-electron chi connectivity index (χ4n) is 2.06. The van der Waals surface area contributed by atoms with Gasteiger partial charge in [-0.25, -0.2) is 5.43 Å². The predicted molar refractivity (Wildman–Crippen MR) is 60.2 cm³/mol. The van der Waals surface area contributed by atoms with Crippen molar-refractivity contribution in [3.8, 4) is 0 Å². The van der Waals surface area contributed by atoms with Gasteiger partial charge in [0.2, 0.25) is 0 Å². The van der Waals surface area contributed by atoms with Crippen LogP contribution >= 0.6 is 0 Å². The van der Waals surface area contributed by atoms with E-state index in [0.29, 0.717) is 13.1 Å². The first kappa shape index (κ1) is 13.7. The van der Waals surface area contributed by atoms with Crippen LogP contribution in [0, 0.1) is 0 Å². The van der Waals surface area contributed by atoms with Gasteiger partial charge in [-0.1, -0.05) is 6.92 Å².